The second-order valence-electron chi connectivity index (χ2n) is 9.71. The van der Waals surface area contributed by atoms with Gasteiger partial charge in [-0.15, -0.1) is 0 Å². The van der Waals surface area contributed by atoms with E-state index in [0.29, 0.717) is 23.3 Å². The van der Waals surface area contributed by atoms with Crippen molar-refractivity contribution in [3.8, 4) is 17.2 Å². The molecule has 0 bridgehead atoms. The number of benzene rings is 1. The van der Waals surface area contributed by atoms with Gasteiger partial charge >= 0.3 is 0 Å². The number of rotatable bonds is 8. The maximum atomic E-state index is 5.59. The van der Waals surface area contributed by atoms with E-state index in [4.69, 9.17) is 14.2 Å². The van der Waals surface area contributed by atoms with Crippen LogP contribution in [0.3, 0.4) is 0 Å². The molecule has 1 N–H and O–H groups in total. The number of hydrogen-bond donors (Lipinski definition) is 1. The van der Waals surface area contributed by atoms with E-state index in [2.05, 4.69) is 55.0 Å². The highest BCUT2D eigenvalue weighted by atomic mass is 16.5. The van der Waals surface area contributed by atoms with Gasteiger partial charge in [-0.1, -0.05) is 6.07 Å². The normalized spacial score (nSPS) is 18.1. The van der Waals surface area contributed by atoms with Gasteiger partial charge < -0.3 is 19.5 Å². The molecule has 1 aromatic heterocycles. The minimum Gasteiger partial charge on any atom is -0.493 e. The number of nitrogens with zero attached hydrogens (tertiary/aromatic N) is 2. The van der Waals surface area contributed by atoms with Crippen LogP contribution in [-0.4, -0.2) is 48.3 Å². The predicted octanol–water partition coefficient (Wildman–Crippen LogP) is 4.42. The van der Waals surface area contributed by atoms with Crippen molar-refractivity contribution in [2.45, 2.75) is 70.7 Å². The van der Waals surface area contributed by atoms with Gasteiger partial charge in [0.25, 0.3) is 0 Å². The van der Waals surface area contributed by atoms with Crippen LogP contribution in [0.25, 0.3) is 0 Å². The Morgan fingerprint density at radius 3 is 2.03 bits per heavy atom. The molecule has 0 saturated carbocycles. The first kappa shape index (κ1) is 23.4. The number of piperidine rings is 1. The van der Waals surface area contributed by atoms with E-state index in [9.17, 15) is 0 Å². The Hall–Kier alpha value is -2.31. The van der Waals surface area contributed by atoms with Crippen molar-refractivity contribution >= 4 is 0 Å². The molecule has 0 radical (unpaired) electrons. The molecule has 0 amide bonds. The van der Waals surface area contributed by atoms with Gasteiger partial charge in [0, 0.05) is 36.4 Å². The van der Waals surface area contributed by atoms with Crippen LogP contribution in [0, 0.1) is 0 Å². The Bertz CT molecular complexity index is 827. The van der Waals surface area contributed by atoms with E-state index < -0.39 is 0 Å². The predicted molar refractivity (Wildman–Crippen MR) is 124 cm³/mol. The average molecular weight is 428 g/mol. The Balaban J connectivity index is 1.95. The van der Waals surface area contributed by atoms with Gasteiger partial charge in [0.15, 0.2) is 11.5 Å². The zero-order chi connectivity index (χ0) is 22.6. The van der Waals surface area contributed by atoms with Crippen molar-refractivity contribution in [2.24, 2.45) is 0 Å². The largest absolute Gasteiger partial charge is 0.493 e. The van der Waals surface area contributed by atoms with Crippen molar-refractivity contribution in [3.05, 3.63) is 47.8 Å². The molecule has 2 aromatic rings. The van der Waals surface area contributed by atoms with Crippen LogP contribution in [0.2, 0.25) is 0 Å². The maximum Gasteiger partial charge on any atom is 0.203 e. The van der Waals surface area contributed by atoms with Crippen LogP contribution in [0.1, 0.15) is 51.8 Å². The summed E-state index contributed by atoms with van der Waals surface area (Å²) in [4.78, 5) is 7.13. The van der Waals surface area contributed by atoms with Gasteiger partial charge in [0.05, 0.1) is 27.0 Å². The molecule has 3 rings (SSSR count). The van der Waals surface area contributed by atoms with Crippen LogP contribution in [-0.2, 0) is 13.1 Å². The maximum absolute atomic E-state index is 5.59. The van der Waals surface area contributed by atoms with Gasteiger partial charge in [-0.25, -0.2) is 0 Å². The number of nitrogens with one attached hydrogen (secondary N) is 1. The third kappa shape index (κ3) is 5.89. The molecule has 6 nitrogen and oxygen atoms in total. The summed E-state index contributed by atoms with van der Waals surface area (Å²) >= 11 is 0. The van der Waals surface area contributed by atoms with Crippen LogP contribution in [0.15, 0.2) is 36.5 Å². The minimum atomic E-state index is 0.0596. The topological polar surface area (TPSA) is 55.9 Å². The second-order valence-corrected chi connectivity index (χ2v) is 9.71. The fourth-order valence-electron chi connectivity index (χ4n) is 5.00. The van der Waals surface area contributed by atoms with Crippen LogP contribution in [0.5, 0.6) is 17.2 Å². The molecule has 1 aromatic carbocycles. The number of ether oxygens (including phenoxy) is 3. The lowest BCUT2D eigenvalue weighted by Crippen LogP contribution is -2.62. The van der Waals surface area contributed by atoms with Crippen molar-refractivity contribution in [1.82, 2.24) is 15.2 Å². The first-order valence-corrected chi connectivity index (χ1v) is 10.9. The summed E-state index contributed by atoms with van der Waals surface area (Å²) in [5, 5.41) is 3.80. The first-order chi connectivity index (χ1) is 14.7. The summed E-state index contributed by atoms with van der Waals surface area (Å²) in [5.41, 5.74) is 2.32. The lowest BCUT2D eigenvalue weighted by Gasteiger charge is -2.49. The van der Waals surface area contributed by atoms with Gasteiger partial charge in [0.2, 0.25) is 5.75 Å². The molecule has 0 atom stereocenters. The monoisotopic (exact) mass is 427 g/mol. The molecule has 0 aliphatic carbocycles. The molecule has 0 unspecified atom stereocenters. The summed E-state index contributed by atoms with van der Waals surface area (Å²) in [6.45, 7) is 10.7. The van der Waals surface area contributed by atoms with Crippen molar-refractivity contribution in [2.75, 3.05) is 21.3 Å². The van der Waals surface area contributed by atoms with E-state index in [0.717, 1.165) is 37.2 Å². The number of pyridine rings is 1. The Morgan fingerprint density at radius 2 is 1.55 bits per heavy atom. The molecule has 1 aliphatic rings. The highest BCUT2D eigenvalue weighted by molar-refractivity contribution is 5.53. The van der Waals surface area contributed by atoms with E-state index >= 15 is 0 Å². The molecule has 31 heavy (non-hydrogen) atoms. The third-order valence-electron chi connectivity index (χ3n) is 5.89. The molecule has 2 heterocycles. The summed E-state index contributed by atoms with van der Waals surface area (Å²) < 4.78 is 16.7. The lowest BCUT2D eigenvalue weighted by atomic mass is 9.79. The summed E-state index contributed by atoms with van der Waals surface area (Å²) in [6, 6.07) is 10.6. The number of hydrogen-bond acceptors (Lipinski definition) is 6. The highest BCUT2D eigenvalue weighted by Gasteiger charge is 2.40. The number of aromatic nitrogens is 1. The molecular formula is C25H37N3O3. The minimum absolute atomic E-state index is 0.0596. The molecular weight excluding hydrogens is 390 g/mol. The SMILES string of the molecule is COc1cc(CN(Cc2ccccn2)C2CC(C)(C)NC(C)(C)C2)cc(OC)c1OC. The van der Waals surface area contributed by atoms with E-state index in [1.807, 2.05) is 24.4 Å². The Kier molecular flexibility index (Phi) is 7.12. The third-order valence-corrected chi connectivity index (χ3v) is 5.89. The van der Waals surface area contributed by atoms with E-state index in [-0.39, 0.29) is 11.1 Å². The van der Waals surface area contributed by atoms with Crippen LogP contribution in [0.4, 0.5) is 0 Å². The summed E-state index contributed by atoms with van der Waals surface area (Å²) in [7, 11) is 4.95. The molecule has 170 valence electrons. The first-order valence-electron chi connectivity index (χ1n) is 10.9. The average Bonchev–Trinajstić information content (AvgIpc) is 2.71. The molecule has 1 aliphatic heterocycles. The van der Waals surface area contributed by atoms with Crippen molar-refractivity contribution in [1.29, 1.82) is 0 Å². The molecule has 1 fully saturated rings. The summed E-state index contributed by atoms with van der Waals surface area (Å²) in [5.74, 6) is 1.98. The van der Waals surface area contributed by atoms with Crippen LogP contribution < -0.4 is 19.5 Å². The molecule has 6 heteroatoms. The van der Waals surface area contributed by atoms with Crippen molar-refractivity contribution < 1.29 is 14.2 Å². The van der Waals surface area contributed by atoms with E-state index in [1.54, 1.807) is 21.3 Å². The fraction of sp³-hybridized carbons (Fsp3) is 0.560. The fourth-order valence-corrected chi connectivity index (χ4v) is 5.00. The quantitative estimate of drug-likeness (QED) is 0.673. The lowest BCUT2D eigenvalue weighted by molar-refractivity contribution is 0.0555. The molecule has 0 spiro atoms. The van der Waals surface area contributed by atoms with Crippen molar-refractivity contribution in [3.63, 3.8) is 0 Å². The summed E-state index contributed by atoms with van der Waals surface area (Å²) in [6.07, 6.45) is 3.99. The Morgan fingerprint density at radius 1 is 0.935 bits per heavy atom. The number of methoxy groups -OCH3 is 3. The van der Waals surface area contributed by atoms with Gasteiger partial charge in [0.1, 0.15) is 0 Å². The standard InChI is InChI=1S/C25H37N3O3/c1-24(2)14-20(15-25(3,4)27-24)28(17-19-10-8-9-11-26-19)16-18-12-21(29-5)23(31-7)22(13-18)30-6/h8-13,20,27H,14-17H2,1-7H3. The molecule has 1 saturated heterocycles. The van der Waals surface area contributed by atoms with Gasteiger partial charge in [-0.3, -0.25) is 9.88 Å². The smallest absolute Gasteiger partial charge is 0.203 e. The zero-order valence-electron chi connectivity index (χ0n) is 20.0. The van der Waals surface area contributed by atoms with Gasteiger partial charge in [-0.2, -0.15) is 0 Å². The highest BCUT2D eigenvalue weighted by Crippen LogP contribution is 2.39. The van der Waals surface area contributed by atoms with Crippen LogP contribution >= 0.6 is 0 Å². The van der Waals surface area contributed by atoms with E-state index in [1.165, 1.54) is 0 Å². The Labute approximate surface area is 186 Å². The second kappa shape index (κ2) is 9.45. The zero-order valence-corrected chi connectivity index (χ0v) is 20.0. The van der Waals surface area contributed by atoms with Gasteiger partial charge in [-0.05, 0) is 70.4 Å².